The van der Waals surface area contributed by atoms with E-state index in [0.29, 0.717) is 0 Å². The third-order valence-electron chi connectivity index (χ3n) is 7.89. The number of likely N-dealkylation sites (tertiary alicyclic amines) is 1. The van der Waals surface area contributed by atoms with E-state index in [4.69, 9.17) is 10.5 Å². The molecule has 1 aromatic heterocycles. The lowest BCUT2D eigenvalue weighted by Crippen LogP contribution is -2.52. The number of hydrogen-bond acceptors (Lipinski definition) is 6. The van der Waals surface area contributed by atoms with E-state index in [-0.39, 0.29) is 75.0 Å². The van der Waals surface area contributed by atoms with Crippen LogP contribution >= 0.6 is 0 Å². The van der Waals surface area contributed by atoms with Crippen LogP contribution in [0.1, 0.15) is 43.6 Å². The Morgan fingerprint density at radius 1 is 1.10 bits per heavy atom. The average molecular weight is 557 g/mol. The Bertz CT molecular complexity index is 1420. The van der Waals surface area contributed by atoms with Gasteiger partial charge >= 0.3 is 0 Å². The minimum Gasteiger partial charge on any atom is -0.437 e. The molecule has 0 spiro atoms. The van der Waals surface area contributed by atoms with Gasteiger partial charge in [0, 0.05) is 43.8 Å². The zero-order valence-electron chi connectivity index (χ0n) is 21.8. The van der Waals surface area contributed by atoms with E-state index in [1.54, 1.807) is 29.2 Å². The van der Waals surface area contributed by atoms with Crippen LogP contribution in [0.25, 0.3) is 0 Å². The number of nitrogens with zero attached hydrogens (tertiary/aromatic N) is 3. The molecule has 1 saturated heterocycles. The number of carbonyl (C=O) groups excluding carboxylic acids is 1. The van der Waals surface area contributed by atoms with Crippen LogP contribution in [-0.2, 0) is 11.3 Å². The molecule has 2 atom stereocenters. The number of anilines is 1. The van der Waals surface area contributed by atoms with E-state index in [1.807, 2.05) is 6.07 Å². The molecule has 0 radical (unpaired) electrons. The van der Waals surface area contributed by atoms with E-state index in [0.717, 1.165) is 11.6 Å². The van der Waals surface area contributed by atoms with Gasteiger partial charge in [0.25, 0.3) is 5.56 Å². The first-order valence-corrected chi connectivity index (χ1v) is 13.3. The molecule has 3 aromatic rings. The molecular formula is C29H31F3N4O4. The summed E-state index contributed by atoms with van der Waals surface area (Å²) < 4.78 is 48.7. The lowest BCUT2D eigenvalue weighted by molar-refractivity contribution is -0.145. The second kappa shape index (κ2) is 11.0. The van der Waals surface area contributed by atoms with Gasteiger partial charge in [-0.25, -0.2) is 18.2 Å². The number of aliphatic hydroxyl groups is 1. The minimum absolute atomic E-state index is 0.0938. The maximum Gasteiger partial charge on any atom is 0.280 e. The van der Waals surface area contributed by atoms with Gasteiger partial charge < -0.3 is 20.5 Å². The summed E-state index contributed by atoms with van der Waals surface area (Å²) in [5, 5.41) is 11.2. The predicted molar refractivity (Wildman–Crippen MR) is 142 cm³/mol. The van der Waals surface area contributed by atoms with Gasteiger partial charge in [-0.05, 0) is 37.0 Å². The number of nitrogens with two attached hydrogens (primary N) is 1. The molecule has 3 N–H and O–H groups in total. The van der Waals surface area contributed by atoms with Crippen LogP contribution in [0.3, 0.4) is 0 Å². The quantitative estimate of drug-likeness (QED) is 0.468. The number of ether oxygens (including phenoxy) is 1. The molecule has 1 saturated carbocycles. The maximum absolute atomic E-state index is 14.3. The third kappa shape index (κ3) is 5.99. The van der Waals surface area contributed by atoms with E-state index in [2.05, 4.69) is 4.98 Å². The number of amides is 1. The molecule has 40 heavy (non-hydrogen) atoms. The van der Waals surface area contributed by atoms with E-state index in [1.165, 1.54) is 29.1 Å². The van der Waals surface area contributed by atoms with Crippen LogP contribution in [0.5, 0.6) is 11.6 Å². The summed E-state index contributed by atoms with van der Waals surface area (Å²) in [6.45, 7) is 0.345. The van der Waals surface area contributed by atoms with Crippen LogP contribution in [-0.4, -0.2) is 50.1 Å². The molecule has 212 valence electrons. The summed E-state index contributed by atoms with van der Waals surface area (Å²) in [5.41, 5.74) is 4.45. The van der Waals surface area contributed by atoms with Gasteiger partial charge in [-0.3, -0.25) is 14.2 Å². The fraction of sp³-hybridized carbons (Fsp3) is 0.414. The molecule has 11 heteroatoms. The number of halogens is 3. The Morgan fingerprint density at radius 3 is 2.52 bits per heavy atom. The fourth-order valence-electron chi connectivity index (χ4n) is 5.66. The zero-order chi connectivity index (χ0) is 28.5. The monoisotopic (exact) mass is 556 g/mol. The Hall–Kier alpha value is -3.86. The number of alkyl halides is 2. The van der Waals surface area contributed by atoms with Crippen molar-refractivity contribution in [2.45, 2.75) is 56.1 Å². The van der Waals surface area contributed by atoms with Crippen LogP contribution < -0.4 is 16.0 Å². The first kappa shape index (κ1) is 27.7. The number of nitrogen functional groups attached to an aromatic ring is 1. The summed E-state index contributed by atoms with van der Waals surface area (Å²) >= 11 is 0. The minimum atomic E-state index is -2.82. The van der Waals surface area contributed by atoms with Crippen molar-refractivity contribution < 1.29 is 27.8 Å². The first-order valence-electron chi connectivity index (χ1n) is 13.3. The van der Waals surface area contributed by atoms with Gasteiger partial charge in [0.15, 0.2) is 5.69 Å². The second-order valence-corrected chi connectivity index (χ2v) is 10.7. The normalized spacial score (nSPS) is 22.1. The predicted octanol–water partition coefficient (Wildman–Crippen LogP) is 4.33. The van der Waals surface area contributed by atoms with Crippen LogP contribution in [0.2, 0.25) is 0 Å². The standard InChI is InChI=1S/C29H31F3N4O4/c30-20-7-4-8-21(15-20)40-25-24(33)27(38)36(18-34-25)17-28(39)11-13-35(14-12-28)26(37)22-9-10-29(31,32)16-23(22)19-5-2-1-3-6-19/h1-8,15,18,22-23,39H,9-14,16-17,33H2/t22-,23+/m1/s1. The highest BCUT2D eigenvalue weighted by Gasteiger charge is 2.46. The molecule has 0 unspecified atom stereocenters. The van der Waals surface area contributed by atoms with Crippen molar-refractivity contribution in [1.29, 1.82) is 0 Å². The number of rotatable bonds is 6. The third-order valence-corrected chi connectivity index (χ3v) is 7.89. The summed E-state index contributed by atoms with van der Waals surface area (Å²) in [6.07, 6.45) is 0.964. The molecule has 2 aromatic carbocycles. The molecule has 1 aliphatic carbocycles. The number of carbonyl (C=O) groups is 1. The topological polar surface area (TPSA) is 111 Å². The van der Waals surface area contributed by atoms with Crippen LogP contribution in [0.4, 0.5) is 18.9 Å². The smallest absolute Gasteiger partial charge is 0.280 e. The van der Waals surface area contributed by atoms with Crippen molar-refractivity contribution in [3.05, 3.63) is 82.7 Å². The molecule has 1 aliphatic heterocycles. The van der Waals surface area contributed by atoms with Crippen molar-refractivity contribution >= 4 is 11.6 Å². The van der Waals surface area contributed by atoms with Crippen molar-refractivity contribution in [3.8, 4) is 11.6 Å². The average Bonchev–Trinajstić information content (AvgIpc) is 2.93. The highest BCUT2D eigenvalue weighted by molar-refractivity contribution is 5.80. The van der Waals surface area contributed by atoms with Crippen LogP contribution in [0.15, 0.2) is 65.7 Å². The van der Waals surface area contributed by atoms with Gasteiger partial charge in [0.2, 0.25) is 17.7 Å². The van der Waals surface area contributed by atoms with Crippen molar-refractivity contribution in [2.24, 2.45) is 5.92 Å². The largest absolute Gasteiger partial charge is 0.437 e. The molecule has 1 amide bonds. The molecule has 2 heterocycles. The van der Waals surface area contributed by atoms with E-state index >= 15 is 0 Å². The molecular weight excluding hydrogens is 525 g/mol. The molecule has 5 rings (SSSR count). The van der Waals surface area contributed by atoms with Crippen LogP contribution in [0, 0.1) is 11.7 Å². The van der Waals surface area contributed by atoms with Crippen molar-refractivity contribution in [1.82, 2.24) is 14.5 Å². The van der Waals surface area contributed by atoms with Crippen molar-refractivity contribution in [3.63, 3.8) is 0 Å². The summed E-state index contributed by atoms with van der Waals surface area (Å²) in [5.74, 6) is -4.72. The maximum atomic E-state index is 14.3. The number of piperidine rings is 1. The number of hydrogen-bond donors (Lipinski definition) is 2. The first-order chi connectivity index (χ1) is 19.0. The Morgan fingerprint density at radius 2 is 1.82 bits per heavy atom. The second-order valence-electron chi connectivity index (χ2n) is 10.7. The van der Waals surface area contributed by atoms with Gasteiger partial charge in [-0.15, -0.1) is 0 Å². The van der Waals surface area contributed by atoms with Gasteiger partial charge in [0.1, 0.15) is 17.9 Å². The summed E-state index contributed by atoms with van der Waals surface area (Å²) in [4.78, 5) is 32.1. The number of aromatic nitrogens is 2. The Labute approximate surface area is 229 Å². The van der Waals surface area contributed by atoms with E-state index < -0.39 is 34.7 Å². The number of benzene rings is 2. The lowest BCUT2D eigenvalue weighted by Gasteiger charge is -2.42. The summed E-state index contributed by atoms with van der Waals surface area (Å²) in [6, 6.07) is 14.3. The molecule has 2 aliphatic rings. The molecule has 8 nitrogen and oxygen atoms in total. The highest BCUT2D eigenvalue weighted by atomic mass is 19.3. The Kier molecular flexibility index (Phi) is 7.59. The van der Waals surface area contributed by atoms with Crippen molar-refractivity contribution in [2.75, 3.05) is 18.8 Å². The van der Waals surface area contributed by atoms with E-state index in [9.17, 15) is 27.9 Å². The van der Waals surface area contributed by atoms with Gasteiger partial charge in [-0.1, -0.05) is 36.4 Å². The SMILES string of the molecule is Nc1c(Oc2cccc(F)c2)ncn(CC2(O)CCN(C(=O)[C@@H]3CCC(F)(F)C[C@H]3c3ccccc3)CC2)c1=O. The molecule has 0 bridgehead atoms. The lowest BCUT2D eigenvalue weighted by atomic mass is 9.73. The zero-order valence-corrected chi connectivity index (χ0v) is 21.8. The molecule has 2 fully saturated rings. The highest BCUT2D eigenvalue weighted by Crippen LogP contribution is 2.46. The fourth-order valence-corrected chi connectivity index (χ4v) is 5.66. The Balaban J connectivity index is 1.24. The van der Waals surface area contributed by atoms with Gasteiger partial charge in [0.05, 0.1) is 12.1 Å². The summed E-state index contributed by atoms with van der Waals surface area (Å²) in [7, 11) is 0. The van der Waals surface area contributed by atoms with Gasteiger partial charge in [-0.2, -0.15) is 0 Å².